The van der Waals surface area contributed by atoms with Crippen molar-refractivity contribution >= 4 is 5.97 Å². The molecule has 5 nitrogen and oxygen atoms in total. The number of hydrogen-bond donors (Lipinski definition) is 1. The molecule has 0 spiro atoms. The van der Waals surface area contributed by atoms with Gasteiger partial charge in [0.05, 0.1) is 29.6 Å². The van der Waals surface area contributed by atoms with Gasteiger partial charge in [-0.3, -0.25) is 4.79 Å². The van der Waals surface area contributed by atoms with Gasteiger partial charge in [0.2, 0.25) is 0 Å². The molecule has 1 heterocycles. The number of nitriles is 1. The third-order valence-corrected chi connectivity index (χ3v) is 2.99. The number of benzene rings is 1. The second-order valence-electron chi connectivity index (χ2n) is 4.32. The molecule has 0 saturated carbocycles. The van der Waals surface area contributed by atoms with E-state index in [0.29, 0.717) is 17.8 Å². The first kappa shape index (κ1) is 12.8. The highest BCUT2D eigenvalue weighted by Crippen LogP contribution is 2.16. The number of aliphatic carboxylic acids is 1. The van der Waals surface area contributed by atoms with Crippen LogP contribution >= 0.6 is 0 Å². The lowest BCUT2D eigenvalue weighted by Crippen LogP contribution is -2.13. The lowest BCUT2D eigenvalue weighted by Gasteiger charge is -2.11. The van der Waals surface area contributed by atoms with Crippen molar-refractivity contribution < 1.29 is 9.90 Å². The second-order valence-corrected chi connectivity index (χ2v) is 4.32. The third kappa shape index (κ3) is 2.80. The standard InChI is InChI=1S/C14H13N3O2/c1-10(14(18)19)13-7-16-9-17(13)8-12-4-2-11(6-15)3-5-12/h2-5,7,9-10H,8H2,1H3,(H,18,19)/t10-/m1/s1. The molecule has 1 aromatic carbocycles. The van der Waals surface area contributed by atoms with Gasteiger partial charge in [0, 0.05) is 12.7 Å². The maximum Gasteiger partial charge on any atom is 0.312 e. The van der Waals surface area contributed by atoms with E-state index in [1.807, 2.05) is 12.1 Å². The minimum atomic E-state index is -0.874. The van der Waals surface area contributed by atoms with Crippen LogP contribution in [0, 0.1) is 11.3 Å². The summed E-state index contributed by atoms with van der Waals surface area (Å²) in [6, 6.07) is 9.26. The Labute approximate surface area is 110 Å². The van der Waals surface area contributed by atoms with Crippen LogP contribution in [0.15, 0.2) is 36.8 Å². The molecule has 2 aromatic rings. The van der Waals surface area contributed by atoms with Gasteiger partial charge in [-0.05, 0) is 24.6 Å². The van der Waals surface area contributed by atoms with E-state index in [0.717, 1.165) is 5.56 Å². The number of hydrogen-bond acceptors (Lipinski definition) is 3. The fourth-order valence-corrected chi connectivity index (χ4v) is 1.83. The minimum Gasteiger partial charge on any atom is -0.481 e. The number of carbonyl (C=O) groups is 1. The number of rotatable bonds is 4. The largest absolute Gasteiger partial charge is 0.481 e. The van der Waals surface area contributed by atoms with Crippen LogP contribution in [0.5, 0.6) is 0 Å². The second kappa shape index (κ2) is 5.36. The smallest absolute Gasteiger partial charge is 0.312 e. The lowest BCUT2D eigenvalue weighted by atomic mass is 10.1. The van der Waals surface area contributed by atoms with Crippen molar-refractivity contribution in [3.8, 4) is 6.07 Å². The van der Waals surface area contributed by atoms with Crippen molar-refractivity contribution in [1.82, 2.24) is 9.55 Å². The van der Waals surface area contributed by atoms with Gasteiger partial charge >= 0.3 is 5.97 Å². The Bertz CT molecular complexity index is 623. The van der Waals surface area contributed by atoms with Crippen molar-refractivity contribution in [3.05, 3.63) is 53.6 Å². The van der Waals surface area contributed by atoms with Crippen LogP contribution in [0.25, 0.3) is 0 Å². The number of nitrogens with zero attached hydrogens (tertiary/aromatic N) is 3. The molecule has 2 rings (SSSR count). The first-order valence-corrected chi connectivity index (χ1v) is 5.83. The van der Waals surface area contributed by atoms with Gasteiger partial charge in [0.1, 0.15) is 0 Å². The summed E-state index contributed by atoms with van der Waals surface area (Å²) in [4.78, 5) is 15.0. The summed E-state index contributed by atoms with van der Waals surface area (Å²) >= 11 is 0. The van der Waals surface area contributed by atoms with E-state index in [4.69, 9.17) is 10.4 Å². The summed E-state index contributed by atoms with van der Waals surface area (Å²) in [5.74, 6) is -1.47. The number of aromatic nitrogens is 2. The summed E-state index contributed by atoms with van der Waals surface area (Å²) in [6.45, 7) is 2.17. The van der Waals surface area contributed by atoms with E-state index in [1.165, 1.54) is 0 Å². The average Bonchev–Trinajstić information content (AvgIpc) is 2.86. The Morgan fingerprint density at radius 3 is 2.74 bits per heavy atom. The van der Waals surface area contributed by atoms with Gasteiger partial charge in [-0.25, -0.2) is 4.98 Å². The maximum absolute atomic E-state index is 11.0. The van der Waals surface area contributed by atoms with Gasteiger partial charge in [-0.1, -0.05) is 12.1 Å². The predicted octanol–water partition coefficient (Wildman–Crippen LogP) is 1.99. The normalized spacial score (nSPS) is 11.8. The van der Waals surface area contributed by atoms with Gasteiger partial charge < -0.3 is 9.67 Å². The average molecular weight is 255 g/mol. The summed E-state index contributed by atoms with van der Waals surface area (Å²) in [6.07, 6.45) is 3.19. The maximum atomic E-state index is 11.0. The molecular weight excluding hydrogens is 242 g/mol. The molecule has 19 heavy (non-hydrogen) atoms. The quantitative estimate of drug-likeness (QED) is 0.906. The molecule has 1 aromatic heterocycles. The van der Waals surface area contributed by atoms with Crippen molar-refractivity contribution in [2.24, 2.45) is 0 Å². The molecule has 1 N–H and O–H groups in total. The summed E-state index contributed by atoms with van der Waals surface area (Å²) in [5.41, 5.74) is 2.27. The van der Waals surface area contributed by atoms with Crippen LogP contribution in [-0.2, 0) is 11.3 Å². The fourth-order valence-electron chi connectivity index (χ4n) is 1.83. The monoisotopic (exact) mass is 255 g/mol. The van der Waals surface area contributed by atoms with Crippen LogP contribution in [0.4, 0.5) is 0 Å². The molecule has 5 heteroatoms. The SMILES string of the molecule is C[C@@H](C(=O)O)c1cncn1Cc1ccc(C#N)cc1. The molecule has 0 aliphatic heterocycles. The topological polar surface area (TPSA) is 78.9 Å². The van der Waals surface area contributed by atoms with Gasteiger partial charge in [0.25, 0.3) is 0 Å². The fraction of sp³-hybridized carbons (Fsp3) is 0.214. The Balaban J connectivity index is 2.22. The Morgan fingerprint density at radius 2 is 2.16 bits per heavy atom. The highest BCUT2D eigenvalue weighted by atomic mass is 16.4. The van der Waals surface area contributed by atoms with Gasteiger partial charge in [-0.15, -0.1) is 0 Å². The van der Waals surface area contributed by atoms with Crippen LogP contribution in [0.3, 0.4) is 0 Å². The van der Waals surface area contributed by atoms with Crippen molar-refractivity contribution in [2.45, 2.75) is 19.4 Å². The summed E-state index contributed by atoms with van der Waals surface area (Å²) in [7, 11) is 0. The molecule has 0 unspecified atom stereocenters. The molecule has 0 fully saturated rings. The predicted molar refractivity (Wildman–Crippen MR) is 68.5 cm³/mol. The Morgan fingerprint density at radius 1 is 1.47 bits per heavy atom. The van der Waals surface area contributed by atoms with E-state index in [9.17, 15) is 4.79 Å². The zero-order valence-corrected chi connectivity index (χ0v) is 10.4. The van der Waals surface area contributed by atoms with Crippen LogP contribution in [0.1, 0.15) is 29.7 Å². The highest BCUT2D eigenvalue weighted by molar-refractivity contribution is 5.74. The summed E-state index contributed by atoms with van der Waals surface area (Å²) in [5, 5.41) is 17.8. The van der Waals surface area contributed by atoms with Crippen LogP contribution < -0.4 is 0 Å². The molecule has 0 bridgehead atoms. The van der Waals surface area contributed by atoms with Crippen molar-refractivity contribution in [3.63, 3.8) is 0 Å². The molecule has 0 amide bonds. The number of carboxylic acid groups (broad SMARTS) is 1. The van der Waals surface area contributed by atoms with Crippen LogP contribution in [0.2, 0.25) is 0 Å². The minimum absolute atomic E-state index is 0.540. The molecule has 0 radical (unpaired) electrons. The molecule has 0 saturated heterocycles. The zero-order valence-electron chi connectivity index (χ0n) is 10.4. The first-order valence-electron chi connectivity index (χ1n) is 5.83. The molecule has 96 valence electrons. The number of imidazole rings is 1. The Kier molecular flexibility index (Phi) is 3.62. The lowest BCUT2D eigenvalue weighted by molar-refractivity contribution is -0.138. The molecule has 0 aliphatic carbocycles. The van der Waals surface area contributed by atoms with Crippen LogP contribution in [-0.4, -0.2) is 20.6 Å². The van der Waals surface area contributed by atoms with Gasteiger partial charge in [0.15, 0.2) is 0 Å². The van der Waals surface area contributed by atoms with Crippen molar-refractivity contribution in [2.75, 3.05) is 0 Å². The number of carboxylic acids is 1. The van der Waals surface area contributed by atoms with E-state index in [-0.39, 0.29) is 0 Å². The molecule has 0 aliphatic rings. The van der Waals surface area contributed by atoms with E-state index in [1.54, 1.807) is 36.1 Å². The van der Waals surface area contributed by atoms with Gasteiger partial charge in [-0.2, -0.15) is 5.26 Å². The van der Waals surface area contributed by atoms with E-state index < -0.39 is 11.9 Å². The zero-order chi connectivity index (χ0) is 13.8. The molecular formula is C14H13N3O2. The third-order valence-electron chi connectivity index (χ3n) is 2.99. The van der Waals surface area contributed by atoms with E-state index in [2.05, 4.69) is 11.1 Å². The summed E-state index contributed by atoms with van der Waals surface area (Å²) < 4.78 is 1.81. The molecule has 1 atom stereocenters. The van der Waals surface area contributed by atoms with E-state index >= 15 is 0 Å². The van der Waals surface area contributed by atoms with Crippen molar-refractivity contribution in [1.29, 1.82) is 5.26 Å². The first-order chi connectivity index (χ1) is 9.11. The highest BCUT2D eigenvalue weighted by Gasteiger charge is 2.17. The Hall–Kier alpha value is -2.61.